The van der Waals surface area contributed by atoms with E-state index in [4.69, 9.17) is 32.7 Å². The summed E-state index contributed by atoms with van der Waals surface area (Å²) in [6, 6.07) is 4.21. The minimum absolute atomic E-state index is 0.156. The number of hydrogen-bond acceptors (Lipinski definition) is 4. The van der Waals surface area contributed by atoms with E-state index in [9.17, 15) is 9.59 Å². The molecule has 1 amide bonds. The van der Waals surface area contributed by atoms with Gasteiger partial charge in [0.05, 0.1) is 7.11 Å². The number of methoxy groups -OCH3 is 1. The van der Waals surface area contributed by atoms with Gasteiger partial charge in [-0.2, -0.15) is 0 Å². The molecule has 1 saturated heterocycles. The summed E-state index contributed by atoms with van der Waals surface area (Å²) in [6.45, 7) is 0.553. The fourth-order valence-electron chi connectivity index (χ4n) is 2.32. The van der Waals surface area contributed by atoms with Gasteiger partial charge in [-0.15, -0.1) is 0 Å². The van der Waals surface area contributed by atoms with Crippen LogP contribution in [0.5, 0.6) is 0 Å². The van der Waals surface area contributed by atoms with Gasteiger partial charge in [0.15, 0.2) is 0 Å². The van der Waals surface area contributed by atoms with Crippen molar-refractivity contribution in [2.24, 2.45) is 0 Å². The smallest absolute Gasteiger partial charge is 0.328 e. The number of carbonyl (C=O) groups is 2. The summed E-state index contributed by atoms with van der Waals surface area (Å²) in [7, 11) is 1.27. The van der Waals surface area contributed by atoms with Crippen LogP contribution in [0.25, 0.3) is 0 Å². The summed E-state index contributed by atoms with van der Waals surface area (Å²) in [4.78, 5) is 24.1. The van der Waals surface area contributed by atoms with E-state index in [0.29, 0.717) is 28.6 Å². The lowest BCUT2D eigenvalue weighted by atomic mass is 10.1. The Morgan fingerprint density at radius 2 is 2.09 bits per heavy atom. The summed E-state index contributed by atoms with van der Waals surface area (Å²) in [5.41, 5.74) is 0.592. The predicted octanol–water partition coefficient (Wildman–Crippen LogP) is 2.37. The molecule has 0 bridgehead atoms. The van der Waals surface area contributed by atoms with Crippen LogP contribution >= 0.6 is 23.2 Å². The molecule has 1 N–H and O–H groups in total. The number of ether oxygens (including phenoxy) is 2. The van der Waals surface area contributed by atoms with Crippen LogP contribution in [0.3, 0.4) is 0 Å². The summed E-state index contributed by atoms with van der Waals surface area (Å²) < 4.78 is 10.1. The standard InChI is InChI=1S/C15H17Cl2NO4/c1-21-15(20)12(18-14(19)13-6-3-7-22-13)8-9-10(16)4-2-5-11(9)17/h2,4-5,12-13H,3,6-8H2,1H3,(H,18,19)/t12-,13+/m0/s1. The summed E-state index contributed by atoms with van der Waals surface area (Å²) >= 11 is 12.2. The number of amides is 1. The summed E-state index contributed by atoms with van der Waals surface area (Å²) in [6.07, 6.45) is 1.11. The monoisotopic (exact) mass is 345 g/mol. The number of benzene rings is 1. The zero-order chi connectivity index (χ0) is 16.1. The first kappa shape index (κ1) is 17.1. The molecule has 120 valence electrons. The van der Waals surface area contributed by atoms with Gasteiger partial charge in [-0.25, -0.2) is 4.79 Å². The molecule has 0 aliphatic carbocycles. The minimum atomic E-state index is -0.862. The molecule has 2 rings (SSSR count). The fourth-order valence-corrected chi connectivity index (χ4v) is 2.87. The maximum atomic E-state index is 12.1. The fraction of sp³-hybridized carbons (Fsp3) is 0.467. The molecule has 7 heteroatoms. The summed E-state index contributed by atoms with van der Waals surface area (Å²) in [5, 5.41) is 3.53. The average Bonchev–Trinajstić information content (AvgIpc) is 3.03. The second kappa shape index (κ2) is 7.81. The van der Waals surface area contributed by atoms with Crippen LogP contribution < -0.4 is 5.32 Å². The van der Waals surface area contributed by atoms with Crippen molar-refractivity contribution in [3.8, 4) is 0 Å². The zero-order valence-corrected chi connectivity index (χ0v) is 13.6. The van der Waals surface area contributed by atoms with Gasteiger partial charge in [0.2, 0.25) is 5.91 Å². The number of hydrogen-bond donors (Lipinski definition) is 1. The van der Waals surface area contributed by atoms with Crippen molar-refractivity contribution in [1.82, 2.24) is 5.32 Å². The van der Waals surface area contributed by atoms with Crippen molar-refractivity contribution in [2.75, 3.05) is 13.7 Å². The van der Waals surface area contributed by atoms with Gasteiger partial charge in [-0.05, 0) is 30.5 Å². The van der Waals surface area contributed by atoms with E-state index in [0.717, 1.165) is 6.42 Å². The third kappa shape index (κ3) is 4.12. The molecule has 1 aromatic carbocycles. The normalized spacial score (nSPS) is 18.8. The molecule has 2 atom stereocenters. The highest BCUT2D eigenvalue weighted by atomic mass is 35.5. The Labute approximate surface area is 138 Å². The van der Waals surface area contributed by atoms with Crippen molar-refractivity contribution in [1.29, 1.82) is 0 Å². The van der Waals surface area contributed by atoms with E-state index in [-0.39, 0.29) is 12.3 Å². The van der Waals surface area contributed by atoms with Gasteiger partial charge < -0.3 is 14.8 Å². The molecule has 1 heterocycles. The second-order valence-electron chi connectivity index (χ2n) is 4.99. The first-order valence-corrected chi connectivity index (χ1v) is 7.71. The van der Waals surface area contributed by atoms with Crippen molar-refractivity contribution in [2.45, 2.75) is 31.4 Å². The Balaban J connectivity index is 2.12. The number of esters is 1. The van der Waals surface area contributed by atoms with Gasteiger partial charge >= 0.3 is 5.97 Å². The number of nitrogens with one attached hydrogen (secondary N) is 1. The molecule has 0 unspecified atom stereocenters. The molecule has 0 saturated carbocycles. The van der Waals surface area contributed by atoms with Gasteiger partial charge in [0.1, 0.15) is 12.1 Å². The van der Waals surface area contributed by atoms with Crippen molar-refractivity contribution < 1.29 is 19.1 Å². The van der Waals surface area contributed by atoms with Crippen molar-refractivity contribution in [3.05, 3.63) is 33.8 Å². The van der Waals surface area contributed by atoms with E-state index < -0.39 is 18.1 Å². The highest BCUT2D eigenvalue weighted by Crippen LogP contribution is 2.26. The molecule has 5 nitrogen and oxygen atoms in total. The first-order chi connectivity index (χ1) is 10.5. The Kier molecular flexibility index (Phi) is 6.06. The predicted molar refractivity (Wildman–Crippen MR) is 83.1 cm³/mol. The molecule has 1 fully saturated rings. The lowest BCUT2D eigenvalue weighted by Crippen LogP contribution is -2.47. The highest BCUT2D eigenvalue weighted by Gasteiger charge is 2.29. The highest BCUT2D eigenvalue weighted by molar-refractivity contribution is 6.36. The lowest BCUT2D eigenvalue weighted by Gasteiger charge is -2.19. The third-order valence-corrected chi connectivity index (χ3v) is 4.20. The average molecular weight is 346 g/mol. The van der Waals surface area contributed by atoms with E-state index in [1.165, 1.54) is 7.11 Å². The largest absolute Gasteiger partial charge is 0.467 e. The SMILES string of the molecule is COC(=O)[C@H](Cc1c(Cl)cccc1Cl)NC(=O)[C@H]1CCCO1. The van der Waals surface area contributed by atoms with E-state index in [2.05, 4.69) is 5.32 Å². The van der Waals surface area contributed by atoms with Crippen LogP contribution in [0, 0.1) is 0 Å². The second-order valence-corrected chi connectivity index (χ2v) is 5.80. The first-order valence-electron chi connectivity index (χ1n) is 6.95. The molecular formula is C15H17Cl2NO4. The molecular weight excluding hydrogens is 329 g/mol. The molecule has 0 radical (unpaired) electrons. The van der Waals surface area contributed by atoms with Crippen LogP contribution in [-0.2, 0) is 25.5 Å². The van der Waals surface area contributed by atoms with Crippen LogP contribution in [0.4, 0.5) is 0 Å². The topological polar surface area (TPSA) is 64.6 Å². The Morgan fingerprint density at radius 3 is 2.64 bits per heavy atom. The maximum Gasteiger partial charge on any atom is 0.328 e. The van der Waals surface area contributed by atoms with Crippen LogP contribution in [-0.4, -0.2) is 37.7 Å². The quantitative estimate of drug-likeness (QED) is 0.832. The number of halogens is 2. The van der Waals surface area contributed by atoms with Crippen molar-refractivity contribution >= 4 is 35.1 Å². The van der Waals surface area contributed by atoms with Crippen LogP contribution in [0.1, 0.15) is 18.4 Å². The van der Waals surface area contributed by atoms with Crippen LogP contribution in [0.2, 0.25) is 10.0 Å². The Morgan fingerprint density at radius 1 is 1.41 bits per heavy atom. The molecule has 0 spiro atoms. The minimum Gasteiger partial charge on any atom is -0.467 e. The van der Waals surface area contributed by atoms with E-state index >= 15 is 0 Å². The van der Waals surface area contributed by atoms with Gasteiger partial charge in [-0.1, -0.05) is 29.3 Å². The van der Waals surface area contributed by atoms with Gasteiger partial charge in [0, 0.05) is 23.1 Å². The zero-order valence-electron chi connectivity index (χ0n) is 12.1. The Bertz CT molecular complexity index is 538. The van der Waals surface area contributed by atoms with E-state index in [1.807, 2.05) is 0 Å². The number of carbonyl (C=O) groups excluding carboxylic acids is 2. The van der Waals surface area contributed by atoms with Gasteiger partial charge in [-0.3, -0.25) is 4.79 Å². The lowest BCUT2D eigenvalue weighted by molar-refractivity contribution is -0.146. The Hall–Kier alpha value is -1.30. The molecule has 1 aliphatic heterocycles. The number of rotatable bonds is 5. The van der Waals surface area contributed by atoms with Gasteiger partial charge in [0.25, 0.3) is 0 Å². The van der Waals surface area contributed by atoms with E-state index in [1.54, 1.807) is 18.2 Å². The molecule has 22 heavy (non-hydrogen) atoms. The maximum absolute atomic E-state index is 12.1. The third-order valence-electron chi connectivity index (χ3n) is 3.49. The molecule has 1 aliphatic rings. The molecule has 1 aromatic rings. The van der Waals surface area contributed by atoms with Crippen molar-refractivity contribution in [3.63, 3.8) is 0 Å². The summed E-state index contributed by atoms with van der Waals surface area (Å²) in [5.74, 6) is -0.876. The molecule has 0 aromatic heterocycles. The van der Waals surface area contributed by atoms with Crippen LogP contribution in [0.15, 0.2) is 18.2 Å².